The van der Waals surface area contributed by atoms with Crippen LogP contribution in [-0.2, 0) is 16.1 Å². The third-order valence-corrected chi connectivity index (χ3v) is 3.76. The standard InChI is InChI=1S/C15H19ClFNO2/c1-2-20-15(19)11-4-3-7-18(9-11)10-12-8-13(16)5-6-14(12)17/h5-6,8,11H,2-4,7,9-10H2,1H3/t11-/m1/s1. The number of hydrogen-bond acceptors (Lipinski definition) is 3. The minimum atomic E-state index is -0.257. The lowest BCUT2D eigenvalue weighted by Gasteiger charge is -2.31. The highest BCUT2D eigenvalue weighted by Crippen LogP contribution is 2.22. The van der Waals surface area contributed by atoms with Crippen molar-refractivity contribution in [1.29, 1.82) is 0 Å². The molecule has 1 fully saturated rings. The van der Waals surface area contributed by atoms with Gasteiger partial charge in [-0.3, -0.25) is 9.69 Å². The van der Waals surface area contributed by atoms with E-state index in [2.05, 4.69) is 4.90 Å². The van der Waals surface area contributed by atoms with E-state index in [1.165, 1.54) is 12.1 Å². The Morgan fingerprint density at radius 2 is 2.35 bits per heavy atom. The van der Waals surface area contributed by atoms with E-state index in [9.17, 15) is 9.18 Å². The summed E-state index contributed by atoms with van der Waals surface area (Å²) < 4.78 is 18.8. The van der Waals surface area contributed by atoms with Crippen molar-refractivity contribution in [1.82, 2.24) is 4.90 Å². The number of piperidine rings is 1. The first-order valence-electron chi connectivity index (χ1n) is 6.93. The van der Waals surface area contributed by atoms with Gasteiger partial charge in [-0.25, -0.2) is 4.39 Å². The predicted octanol–water partition coefficient (Wildman–Crippen LogP) is 3.25. The zero-order chi connectivity index (χ0) is 14.5. The molecule has 1 atom stereocenters. The molecule has 1 aliphatic rings. The molecule has 0 spiro atoms. The summed E-state index contributed by atoms with van der Waals surface area (Å²) in [6.45, 7) is 4.16. The maximum absolute atomic E-state index is 13.7. The normalized spacial score (nSPS) is 19.9. The van der Waals surface area contributed by atoms with Gasteiger partial charge in [-0.1, -0.05) is 11.6 Å². The number of carbonyl (C=O) groups excluding carboxylic acids is 1. The molecule has 1 aromatic rings. The van der Waals surface area contributed by atoms with Gasteiger partial charge in [0.15, 0.2) is 0 Å². The van der Waals surface area contributed by atoms with Gasteiger partial charge in [0.25, 0.3) is 0 Å². The number of hydrogen-bond donors (Lipinski definition) is 0. The van der Waals surface area contributed by atoms with E-state index in [-0.39, 0.29) is 17.7 Å². The molecule has 1 heterocycles. The highest BCUT2D eigenvalue weighted by molar-refractivity contribution is 6.30. The fourth-order valence-corrected chi connectivity index (χ4v) is 2.75. The Morgan fingerprint density at radius 1 is 1.55 bits per heavy atom. The van der Waals surface area contributed by atoms with Crippen LogP contribution in [0.4, 0.5) is 4.39 Å². The largest absolute Gasteiger partial charge is 0.466 e. The molecule has 0 saturated carbocycles. The molecule has 0 aromatic heterocycles. The average molecular weight is 300 g/mol. The second-order valence-corrected chi connectivity index (χ2v) is 5.50. The molecule has 110 valence electrons. The van der Waals surface area contributed by atoms with Crippen molar-refractivity contribution in [2.24, 2.45) is 5.92 Å². The fraction of sp³-hybridized carbons (Fsp3) is 0.533. The highest BCUT2D eigenvalue weighted by atomic mass is 35.5. The Labute approximate surface area is 123 Å². The van der Waals surface area contributed by atoms with Crippen LogP contribution in [0.15, 0.2) is 18.2 Å². The van der Waals surface area contributed by atoms with Gasteiger partial charge < -0.3 is 4.74 Å². The molecular formula is C15H19ClFNO2. The summed E-state index contributed by atoms with van der Waals surface area (Å²) in [6.07, 6.45) is 1.76. The van der Waals surface area contributed by atoms with Gasteiger partial charge in [0, 0.05) is 23.7 Å². The zero-order valence-electron chi connectivity index (χ0n) is 11.6. The van der Waals surface area contributed by atoms with Crippen molar-refractivity contribution in [3.05, 3.63) is 34.6 Å². The number of benzene rings is 1. The van der Waals surface area contributed by atoms with Crippen LogP contribution in [0.25, 0.3) is 0 Å². The average Bonchev–Trinajstić information content (AvgIpc) is 2.43. The summed E-state index contributed by atoms with van der Waals surface area (Å²) in [6, 6.07) is 4.56. The second kappa shape index (κ2) is 7.04. The Kier molecular flexibility index (Phi) is 5.38. The van der Waals surface area contributed by atoms with Gasteiger partial charge >= 0.3 is 5.97 Å². The quantitative estimate of drug-likeness (QED) is 0.799. The van der Waals surface area contributed by atoms with Crippen molar-refractivity contribution in [3.63, 3.8) is 0 Å². The number of likely N-dealkylation sites (tertiary alicyclic amines) is 1. The predicted molar refractivity (Wildman–Crippen MR) is 76.0 cm³/mol. The number of rotatable bonds is 4. The minimum absolute atomic E-state index is 0.106. The number of nitrogens with zero attached hydrogens (tertiary/aromatic N) is 1. The monoisotopic (exact) mass is 299 g/mol. The highest BCUT2D eigenvalue weighted by Gasteiger charge is 2.27. The first-order chi connectivity index (χ1) is 9.60. The molecule has 1 saturated heterocycles. The van der Waals surface area contributed by atoms with Gasteiger partial charge in [-0.2, -0.15) is 0 Å². The lowest BCUT2D eigenvalue weighted by molar-refractivity contribution is -0.150. The Morgan fingerprint density at radius 3 is 3.10 bits per heavy atom. The number of ether oxygens (including phenoxy) is 1. The fourth-order valence-electron chi connectivity index (χ4n) is 2.56. The molecule has 1 aromatic carbocycles. The molecule has 0 bridgehead atoms. The lowest BCUT2D eigenvalue weighted by atomic mass is 9.97. The van der Waals surface area contributed by atoms with Crippen LogP contribution in [0.1, 0.15) is 25.3 Å². The van der Waals surface area contributed by atoms with Gasteiger partial charge in [-0.05, 0) is 44.5 Å². The van der Waals surface area contributed by atoms with Gasteiger partial charge in [0.1, 0.15) is 5.82 Å². The van der Waals surface area contributed by atoms with Crippen molar-refractivity contribution < 1.29 is 13.9 Å². The third kappa shape index (κ3) is 3.93. The summed E-state index contributed by atoms with van der Waals surface area (Å²) >= 11 is 5.90. The Hall–Kier alpha value is -1.13. The van der Waals surface area contributed by atoms with E-state index in [4.69, 9.17) is 16.3 Å². The molecule has 0 aliphatic carbocycles. The molecule has 0 unspecified atom stereocenters. The van der Waals surface area contributed by atoms with Crippen molar-refractivity contribution in [3.8, 4) is 0 Å². The summed E-state index contributed by atoms with van der Waals surface area (Å²) in [4.78, 5) is 13.9. The van der Waals surface area contributed by atoms with Gasteiger partial charge in [-0.15, -0.1) is 0 Å². The number of esters is 1. The third-order valence-electron chi connectivity index (χ3n) is 3.53. The summed E-state index contributed by atoms with van der Waals surface area (Å²) in [7, 11) is 0. The van der Waals surface area contributed by atoms with Crippen molar-refractivity contribution in [2.45, 2.75) is 26.3 Å². The lowest BCUT2D eigenvalue weighted by Crippen LogP contribution is -2.39. The SMILES string of the molecule is CCOC(=O)[C@@H]1CCCN(Cc2cc(Cl)ccc2F)C1. The van der Waals surface area contributed by atoms with E-state index >= 15 is 0 Å². The number of halogens is 2. The summed E-state index contributed by atoms with van der Waals surface area (Å²) in [5.74, 6) is -0.512. The Bertz CT molecular complexity index is 481. The molecule has 2 rings (SSSR count). The van der Waals surface area contributed by atoms with Gasteiger partial charge in [0.2, 0.25) is 0 Å². The number of carbonyl (C=O) groups is 1. The van der Waals surface area contributed by atoms with Crippen LogP contribution in [0.5, 0.6) is 0 Å². The van der Waals surface area contributed by atoms with Crippen molar-refractivity contribution in [2.75, 3.05) is 19.7 Å². The molecule has 0 amide bonds. The Balaban J connectivity index is 1.99. The molecule has 0 N–H and O–H groups in total. The molecule has 5 heteroatoms. The molecule has 3 nitrogen and oxygen atoms in total. The smallest absolute Gasteiger partial charge is 0.310 e. The van der Waals surface area contributed by atoms with Crippen molar-refractivity contribution >= 4 is 17.6 Å². The van der Waals surface area contributed by atoms with Crippen LogP contribution >= 0.6 is 11.6 Å². The summed E-state index contributed by atoms with van der Waals surface area (Å²) in [5, 5.41) is 0.528. The van der Waals surface area contributed by atoms with E-state index in [1.54, 1.807) is 13.0 Å². The van der Waals surface area contributed by atoms with Crippen LogP contribution in [-0.4, -0.2) is 30.6 Å². The molecule has 0 radical (unpaired) electrons. The van der Waals surface area contributed by atoms with Crippen LogP contribution in [0, 0.1) is 11.7 Å². The van der Waals surface area contributed by atoms with Crippen LogP contribution < -0.4 is 0 Å². The van der Waals surface area contributed by atoms with Crippen LogP contribution in [0.3, 0.4) is 0 Å². The topological polar surface area (TPSA) is 29.5 Å². The minimum Gasteiger partial charge on any atom is -0.466 e. The molecule has 20 heavy (non-hydrogen) atoms. The van der Waals surface area contributed by atoms with Crippen LogP contribution in [0.2, 0.25) is 5.02 Å². The van der Waals surface area contributed by atoms with Gasteiger partial charge in [0.05, 0.1) is 12.5 Å². The molecule has 1 aliphatic heterocycles. The van der Waals surface area contributed by atoms with E-state index in [1.807, 2.05) is 0 Å². The summed E-state index contributed by atoms with van der Waals surface area (Å²) in [5.41, 5.74) is 0.571. The maximum Gasteiger partial charge on any atom is 0.310 e. The first kappa shape index (κ1) is 15.3. The maximum atomic E-state index is 13.7. The first-order valence-corrected chi connectivity index (χ1v) is 7.31. The zero-order valence-corrected chi connectivity index (χ0v) is 12.3. The van der Waals surface area contributed by atoms with E-state index in [0.717, 1.165) is 19.4 Å². The van der Waals surface area contributed by atoms with E-state index in [0.29, 0.717) is 30.3 Å². The second-order valence-electron chi connectivity index (χ2n) is 5.06. The molecular weight excluding hydrogens is 281 g/mol. The van der Waals surface area contributed by atoms with E-state index < -0.39 is 0 Å².